The van der Waals surface area contributed by atoms with Crippen LogP contribution in [0.3, 0.4) is 0 Å². The average Bonchev–Trinajstić information content (AvgIpc) is 3.22. The van der Waals surface area contributed by atoms with Gasteiger partial charge in [-0.05, 0) is 30.9 Å². The molecule has 0 unspecified atom stereocenters. The van der Waals surface area contributed by atoms with E-state index in [1.54, 1.807) is 11.9 Å². The molecular formula is C21H25N3O4. The third-order valence-electron chi connectivity index (χ3n) is 6.63. The number of aryl methyl sites for hydroxylation is 1. The minimum absolute atomic E-state index is 0.0559. The van der Waals surface area contributed by atoms with E-state index in [1.807, 2.05) is 29.3 Å². The van der Waals surface area contributed by atoms with Gasteiger partial charge in [0.05, 0.1) is 11.5 Å². The molecule has 0 radical (unpaired) electrons. The maximum Gasteiger partial charge on any atom is 0.309 e. The summed E-state index contributed by atoms with van der Waals surface area (Å²) >= 11 is 0. The first-order valence-corrected chi connectivity index (χ1v) is 9.74. The molecule has 1 aromatic heterocycles. The number of carboxylic acids is 1. The van der Waals surface area contributed by atoms with Crippen molar-refractivity contribution in [2.24, 2.45) is 5.92 Å². The summed E-state index contributed by atoms with van der Waals surface area (Å²) in [5.74, 6) is -1.64. The van der Waals surface area contributed by atoms with Crippen LogP contribution in [-0.2, 0) is 20.8 Å². The van der Waals surface area contributed by atoms with E-state index in [4.69, 9.17) is 0 Å². The lowest BCUT2D eigenvalue weighted by Crippen LogP contribution is -2.56. The highest BCUT2D eigenvalue weighted by atomic mass is 16.4. The number of carbonyl (C=O) groups excluding carboxylic acids is 2. The van der Waals surface area contributed by atoms with Crippen molar-refractivity contribution in [3.05, 3.63) is 36.0 Å². The number of piperidine rings is 1. The van der Waals surface area contributed by atoms with Crippen molar-refractivity contribution in [3.8, 4) is 0 Å². The fourth-order valence-electron chi connectivity index (χ4n) is 4.87. The van der Waals surface area contributed by atoms with Crippen LogP contribution < -0.4 is 0 Å². The third kappa shape index (κ3) is 2.95. The van der Waals surface area contributed by atoms with Gasteiger partial charge in [0.25, 0.3) is 0 Å². The number of carbonyl (C=O) groups is 3. The number of aromatic amines is 1. The number of amides is 2. The van der Waals surface area contributed by atoms with Crippen molar-refractivity contribution in [1.82, 2.24) is 14.8 Å². The first kappa shape index (κ1) is 18.5. The summed E-state index contributed by atoms with van der Waals surface area (Å²) in [5, 5.41) is 10.7. The van der Waals surface area contributed by atoms with Gasteiger partial charge in [-0.1, -0.05) is 18.2 Å². The molecular weight excluding hydrogens is 358 g/mol. The Morgan fingerprint density at radius 1 is 1.25 bits per heavy atom. The number of para-hydroxylation sites is 1. The maximum atomic E-state index is 12.7. The summed E-state index contributed by atoms with van der Waals surface area (Å²) in [4.78, 5) is 43.1. The topological polar surface area (TPSA) is 93.7 Å². The average molecular weight is 383 g/mol. The van der Waals surface area contributed by atoms with E-state index >= 15 is 0 Å². The Morgan fingerprint density at radius 2 is 1.96 bits per heavy atom. The highest BCUT2D eigenvalue weighted by Crippen LogP contribution is 2.42. The minimum Gasteiger partial charge on any atom is -0.481 e. The standard InChI is InChI=1S/C21H25N3O4/c1-23-19(26)12-16(20(27)28)21(23)8-10-24(11-9-21)18(25)7-6-14-13-22-17-5-3-2-4-15(14)17/h2-5,13,16,22H,6-12H2,1H3,(H,27,28)/t16-/m1/s1. The van der Waals surface area contributed by atoms with Crippen molar-refractivity contribution >= 4 is 28.7 Å². The van der Waals surface area contributed by atoms with E-state index in [0.717, 1.165) is 16.5 Å². The predicted octanol–water partition coefficient (Wildman–Crippen LogP) is 2.02. The number of rotatable bonds is 4. The van der Waals surface area contributed by atoms with Gasteiger partial charge in [-0.2, -0.15) is 0 Å². The summed E-state index contributed by atoms with van der Waals surface area (Å²) in [6, 6.07) is 8.04. The summed E-state index contributed by atoms with van der Waals surface area (Å²) in [7, 11) is 1.69. The Balaban J connectivity index is 1.39. The molecule has 0 saturated carbocycles. The SMILES string of the molecule is CN1C(=O)C[C@H](C(=O)O)C12CCN(C(=O)CCc1c[nH]c3ccccc13)CC2. The molecule has 2 fully saturated rings. The number of likely N-dealkylation sites (tertiary alicyclic amines) is 2. The number of aromatic nitrogens is 1. The maximum absolute atomic E-state index is 12.7. The van der Waals surface area contributed by atoms with Crippen LogP contribution in [-0.4, -0.2) is 63.4 Å². The largest absolute Gasteiger partial charge is 0.481 e. The van der Waals surface area contributed by atoms with Gasteiger partial charge < -0.3 is 19.9 Å². The van der Waals surface area contributed by atoms with E-state index in [-0.39, 0.29) is 18.2 Å². The molecule has 7 nitrogen and oxygen atoms in total. The number of hydrogen-bond donors (Lipinski definition) is 2. The number of fused-ring (bicyclic) bond motifs is 1. The molecule has 4 rings (SSSR count). The Labute approximate surface area is 163 Å². The van der Waals surface area contributed by atoms with Crippen LogP contribution in [0.2, 0.25) is 0 Å². The smallest absolute Gasteiger partial charge is 0.309 e. The Bertz CT molecular complexity index is 927. The van der Waals surface area contributed by atoms with Crippen LogP contribution >= 0.6 is 0 Å². The Hall–Kier alpha value is -2.83. The molecule has 3 heterocycles. The highest BCUT2D eigenvalue weighted by Gasteiger charge is 2.55. The van der Waals surface area contributed by atoms with Crippen molar-refractivity contribution < 1.29 is 19.5 Å². The van der Waals surface area contributed by atoms with E-state index < -0.39 is 17.4 Å². The third-order valence-corrected chi connectivity index (χ3v) is 6.63. The lowest BCUT2D eigenvalue weighted by Gasteiger charge is -2.45. The number of nitrogens with zero attached hydrogens (tertiary/aromatic N) is 2. The first-order chi connectivity index (χ1) is 13.4. The molecule has 1 spiro atoms. The van der Waals surface area contributed by atoms with Gasteiger partial charge in [-0.25, -0.2) is 0 Å². The zero-order chi connectivity index (χ0) is 19.9. The number of benzene rings is 1. The van der Waals surface area contributed by atoms with E-state index in [1.165, 1.54) is 0 Å². The molecule has 7 heteroatoms. The van der Waals surface area contributed by atoms with Gasteiger partial charge in [0.1, 0.15) is 0 Å². The molecule has 28 heavy (non-hydrogen) atoms. The number of H-pyrrole nitrogens is 1. The minimum atomic E-state index is -0.920. The summed E-state index contributed by atoms with van der Waals surface area (Å²) < 4.78 is 0. The van der Waals surface area contributed by atoms with E-state index in [0.29, 0.717) is 38.8 Å². The van der Waals surface area contributed by atoms with Gasteiger partial charge >= 0.3 is 5.97 Å². The zero-order valence-electron chi connectivity index (χ0n) is 16.0. The van der Waals surface area contributed by atoms with Crippen LogP contribution in [0.25, 0.3) is 10.9 Å². The van der Waals surface area contributed by atoms with Crippen molar-refractivity contribution in [2.45, 2.75) is 37.6 Å². The molecule has 2 saturated heterocycles. The molecule has 2 N–H and O–H groups in total. The lowest BCUT2D eigenvalue weighted by molar-refractivity contribution is -0.147. The number of carboxylic acid groups (broad SMARTS) is 1. The first-order valence-electron chi connectivity index (χ1n) is 9.74. The van der Waals surface area contributed by atoms with Gasteiger partial charge in [0, 0.05) is 50.1 Å². The summed E-state index contributed by atoms with van der Waals surface area (Å²) in [6.07, 6.45) is 4.14. The summed E-state index contributed by atoms with van der Waals surface area (Å²) in [6.45, 7) is 0.988. The highest BCUT2D eigenvalue weighted by molar-refractivity contribution is 5.88. The molecule has 2 aliphatic heterocycles. The van der Waals surface area contributed by atoms with Crippen LogP contribution in [0.5, 0.6) is 0 Å². The van der Waals surface area contributed by atoms with E-state index in [2.05, 4.69) is 11.1 Å². The van der Waals surface area contributed by atoms with Crippen LogP contribution in [0.1, 0.15) is 31.2 Å². The van der Waals surface area contributed by atoms with Gasteiger partial charge in [0.15, 0.2) is 0 Å². The van der Waals surface area contributed by atoms with Crippen LogP contribution in [0.15, 0.2) is 30.5 Å². The Kier molecular flexibility index (Phi) is 4.61. The number of nitrogens with one attached hydrogen (secondary N) is 1. The molecule has 1 atom stereocenters. The van der Waals surface area contributed by atoms with Gasteiger partial charge in [-0.3, -0.25) is 14.4 Å². The lowest BCUT2D eigenvalue weighted by atomic mass is 9.77. The molecule has 2 aromatic rings. The zero-order valence-corrected chi connectivity index (χ0v) is 16.0. The Morgan fingerprint density at radius 3 is 2.68 bits per heavy atom. The van der Waals surface area contributed by atoms with Crippen LogP contribution in [0, 0.1) is 5.92 Å². The molecule has 1 aromatic carbocycles. The van der Waals surface area contributed by atoms with Gasteiger partial charge in [-0.15, -0.1) is 0 Å². The van der Waals surface area contributed by atoms with E-state index in [9.17, 15) is 19.5 Å². The fourth-order valence-corrected chi connectivity index (χ4v) is 4.87. The molecule has 2 amide bonds. The van der Waals surface area contributed by atoms with Crippen molar-refractivity contribution in [1.29, 1.82) is 0 Å². The number of aliphatic carboxylic acids is 1. The fraction of sp³-hybridized carbons (Fsp3) is 0.476. The second-order valence-corrected chi connectivity index (χ2v) is 7.89. The molecule has 0 bridgehead atoms. The quantitative estimate of drug-likeness (QED) is 0.845. The monoisotopic (exact) mass is 383 g/mol. The molecule has 0 aliphatic carbocycles. The number of hydrogen-bond acceptors (Lipinski definition) is 3. The van der Waals surface area contributed by atoms with Gasteiger partial charge in [0.2, 0.25) is 11.8 Å². The van der Waals surface area contributed by atoms with Crippen molar-refractivity contribution in [2.75, 3.05) is 20.1 Å². The summed E-state index contributed by atoms with van der Waals surface area (Å²) in [5.41, 5.74) is 1.54. The molecule has 148 valence electrons. The second-order valence-electron chi connectivity index (χ2n) is 7.89. The van der Waals surface area contributed by atoms with Crippen LogP contribution in [0.4, 0.5) is 0 Å². The molecule has 2 aliphatic rings. The van der Waals surface area contributed by atoms with Crippen molar-refractivity contribution in [3.63, 3.8) is 0 Å². The normalized spacial score (nSPS) is 21.6. The second kappa shape index (κ2) is 6.96. The predicted molar refractivity (Wildman–Crippen MR) is 104 cm³/mol.